The average Bonchev–Trinajstić information content (AvgIpc) is 3.15. The van der Waals surface area contributed by atoms with Crippen LogP contribution in [0.25, 0.3) is 0 Å². The molecule has 0 aliphatic carbocycles. The third-order valence-corrected chi connectivity index (χ3v) is 5.19. The van der Waals surface area contributed by atoms with Gasteiger partial charge in [0.15, 0.2) is 0 Å². The topological polar surface area (TPSA) is 48.4 Å². The van der Waals surface area contributed by atoms with Crippen LogP contribution >= 0.6 is 0 Å². The van der Waals surface area contributed by atoms with Crippen LogP contribution in [-0.2, 0) is 6.54 Å². The van der Waals surface area contributed by atoms with Gasteiger partial charge in [-0.1, -0.05) is 13.8 Å². The molecule has 1 aromatic heterocycles. The lowest BCUT2D eigenvalue weighted by Crippen LogP contribution is -2.47. The maximum absolute atomic E-state index is 4.08. The van der Waals surface area contributed by atoms with Crippen LogP contribution in [0, 0.1) is 0 Å². The summed E-state index contributed by atoms with van der Waals surface area (Å²) in [5, 5.41) is 7.17. The Morgan fingerprint density at radius 1 is 0.885 bits per heavy atom. The SMILES string of the molecule is CC(C)NCCCN1CCN(CCC(C)NCCCn2ccnc2)CC1. The molecule has 0 spiro atoms. The smallest absolute Gasteiger partial charge is 0.0945 e. The summed E-state index contributed by atoms with van der Waals surface area (Å²) in [4.78, 5) is 9.33. The maximum Gasteiger partial charge on any atom is 0.0945 e. The molecule has 1 saturated heterocycles. The van der Waals surface area contributed by atoms with Gasteiger partial charge >= 0.3 is 0 Å². The minimum absolute atomic E-state index is 0.595. The standard InChI is InChI=1S/C20H40N6/c1-19(2)22-7-4-10-24-14-16-25(17-15-24)12-6-20(3)23-8-5-11-26-13-9-21-18-26/h9,13,18-20,22-23H,4-8,10-12,14-17H2,1-3H3. The zero-order valence-electron chi connectivity index (χ0n) is 17.2. The number of imidazole rings is 1. The largest absolute Gasteiger partial charge is 0.337 e. The van der Waals surface area contributed by atoms with E-state index >= 15 is 0 Å². The molecule has 1 unspecified atom stereocenters. The van der Waals surface area contributed by atoms with Gasteiger partial charge in [-0.25, -0.2) is 4.98 Å². The Bertz CT molecular complexity index is 439. The van der Waals surface area contributed by atoms with Crippen molar-refractivity contribution in [3.63, 3.8) is 0 Å². The zero-order valence-corrected chi connectivity index (χ0v) is 17.2. The van der Waals surface area contributed by atoms with Crippen molar-refractivity contribution in [2.24, 2.45) is 0 Å². The molecule has 150 valence electrons. The quantitative estimate of drug-likeness (QED) is 0.521. The molecule has 2 rings (SSSR count). The maximum atomic E-state index is 4.08. The minimum Gasteiger partial charge on any atom is -0.337 e. The normalized spacial score (nSPS) is 17.8. The highest BCUT2D eigenvalue weighted by molar-refractivity contribution is 4.75. The first-order valence-electron chi connectivity index (χ1n) is 10.5. The predicted molar refractivity (Wildman–Crippen MR) is 110 cm³/mol. The van der Waals surface area contributed by atoms with Gasteiger partial charge < -0.3 is 25.0 Å². The highest BCUT2D eigenvalue weighted by atomic mass is 15.3. The number of hydrogen-bond donors (Lipinski definition) is 2. The van der Waals surface area contributed by atoms with Crippen LogP contribution < -0.4 is 10.6 Å². The molecule has 1 atom stereocenters. The number of rotatable bonds is 13. The van der Waals surface area contributed by atoms with Gasteiger partial charge in [0, 0.05) is 57.2 Å². The first-order chi connectivity index (χ1) is 12.6. The molecule has 26 heavy (non-hydrogen) atoms. The lowest BCUT2D eigenvalue weighted by atomic mass is 10.2. The molecule has 0 amide bonds. The van der Waals surface area contributed by atoms with E-state index in [1.807, 2.05) is 18.7 Å². The molecular weight excluding hydrogens is 324 g/mol. The lowest BCUT2D eigenvalue weighted by Gasteiger charge is -2.35. The van der Waals surface area contributed by atoms with Crippen molar-refractivity contribution in [1.29, 1.82) is 0 Å². The molecule has 0 saturated carbocycles. The highest BCUT2D eigenvalue weighted by Crippen LogP contribution is 2.04. The minimum atomic E-state index is 0.595. The summed E-state index contributed by atoms with van der Waals surface area (Å²) in [6, 6.07) is 1.20. The Morgan fingerprint density at radius 2 is 1.54 bits per heavy atom. The van der Waals surface area contributed by atoms with Crippen molar-refractivity contribution in [2.75, 3.05) is 52.4 Å². The van der Waals surface area contributed by atoms with Crippen molar-refractivity contribution >= 4 is 0 Å². The van der Waals surface area contributed by atoms with E-state index in [0.717, 1.165) is 26.1 Å². The van der Waals surface area contributed by atoms with E-state index in [9.17, 15) is 0 Å². The summed E-state index contributed by atoms with van der Waals surface area (Å²) in [5.74, 6) is 0. The van der Waals surface area contributed by atoms with E-state index in [-0.39, 0.29) is 0 Å². The number of nitrogens with one attached hydrogen (secondary N) is 2. The van der Waals surface area contributed by atoms with Crippen molar-refractivity contribution in [2.45, 2.75) is 58.7 Å². The van der Waals surface area contributed by atoms with Crippen molar-refractivity contribution < 1.29 is 0 Å². The van der Waals surface area contributed by atoms with Gasteiger partial charge in [0.1, 0.15) is 0 Å². The molecule has 1 fully saturated rings. The van der Waals surface area contributed by atoms with E-state index in [4.69, 9.17) is 0 Å². The molecule has 0 bridgehead atoms. The molecule has 6 nitrogen and oxygen atoms in total. The number of piperazine rings is 1. The van der Waals surface area contributed by atoms with E-state index in [0.29, 0.717) is 12.1 Å². The number of nitrogens with zero attached hydrogens (tertiary/aromatic N) is 4. The van der Waals surface area contributed by atoms with E-state index < -0.39 is 0 Å². The first kappa shape index (κ1) is 21.4. The Morgan fingerprint density at radius 3 is 2.19 bits per heavy atom. The summed E-state index contributed by atoms with van der Waals surface area (Å²) in [6.45, 7) is 17.4. The van der Waals surface area contributed by atoms with Crippen LogP contribution in [0.4, 0.5) is 0 Å². The molecule has 1 aromatic rings. The fourth-order valence-electron chi connectivity index (χ4n) is 3.44. The summed E-state index contributed by atoms with van der Waals surface area (Å²) >= 11 is 0. The van der Waals surface area contributed by atoms with E-state index in [2.05, 4.69) is 50.8 Å². The van der Waals surface area contributed by atoms with Crippen LogP contribution in [0.15, 0.2) is 18.7 Å². The molecule has 2 N–H and O–H groups in total. The number of hydrogen-bond acceptors (Lipinski definition) is 5. The van der Waals surface area contributed by atoms with Gasteiger partial charge in [-0.05, 0) is 52.4 Å². The molecule has 1 aliphatic heterocycles. The highest BCUT2D eigenvalue weighted by Gasteiger charge is 2.16. The van der Waals surface area contributed by atoms with E-state index in [1.165, 1.54) is 52.1 Å². The second-order valence-corrected chi connectivity index (χ2v) is 7.94. The first-order valence-corrected chi connectivity index (χ1v) is 10.5. The van der Waals surface area contributed by atoms with Crippen LogP contribution in [0.3, 0.4) is 0 Å². The average molecular weight is 365 g/mol. The van der Waals surface area contributed by atoms with E-state index in [1.54, 1.807) is 0 Å². The van der Waals surface area contributed by atoms with Gasteiger partial charge in [-0.3, -0.25) is 0 Å². The monoisotopic (exact) mass is 364 g/mol. The van der Waals surface area contributed by atoms with Crippen molar-refractivity contribution in [3.8, 4) is 0 Å². The Kier molecular flexibility index (Phi) is 10.2. The van der Waals surface area contributed by atoms with Gasteiger partial charge in [0.25, 0.3) is 0 Å². The number of aryl methyl sites for hydroxylation is 1. The summed E-state index contributed by atoms with van der Waals surface area (Å²) in [5.41, 5.74) is 0. The van der Waals surface area contributed by atoms with Gasteiger partial charge in [-0.2, -0.15) is 0 Å². The summed E-state index contributed by atoms with van der Waals surface area (Å²) in [6.07, 6.45) is 9.43. The number of aromatic nitrogens is 2. The summed E-state index contributed by atoms with van der Waals surface area (Å²) in [7, 11) is 0. The Labute approximate surface area is 160 Å². The second kappa shape index (κ2) is 12.4. The predicted octanol–water partition coefficient (Wildman–Crippen LogP) is 1.65. The Hall–Kier alpha value is -0.950. The van der Waals surface area contributed by atoms with Crippen molar-refractivity contribution in [1.82, 2.24) is 30.0 Å². The molecule has 0 radical (unpaired) electrons. The lowest BCUT2D eigenvalue weighted by molar-refractivity contribution is 0.127. The molecule has 1 aliphatic rings. The molecule has 0 aromatic carbocycles. The molecular formula is C20H40N6. The molecule has 2 heterocycles. The second-order valence-electron chi connectivity index (χ2n) is 7.94. The fourth-order valence-corrected chi connectivity index (χ4v) is 3.44. The summed E-state index contributed by atoms with van der Waals surface area (Å²) < 4.78 is 2.14. The molecule has 6 heteroatoms. The zero-order chi connectivity index (χ0) is 18.6. The van der Waals surface area contributed by atoms with Crippen molar-refractivity contribution in [3.05, 3.63) is 18.7 Å². The van der Waals surface area contributed by atoms with Crippen LogP contribution in [-0.4, -0.2) is 83.8 Å². The third kappa shape index (κ3) is 9.12. The van der Waals surface area contributed by atoms with Gasteiger partial charge in [0.2, 0.25) is 0 Å². The van der Waals surface area contributed by atoms with Crippen LogP contribution in [0.2, 0.25) is 0 Å². The van der Waals surface area contributed by atoms with Crippen LogP contribution in [0.5, 0.6) is 0 Å². The Balaban J connectivity index is 1.44. The van der Waals surface area contributed by atoms with Gasteiger partial charge in [0.05, 0.1) is 6.33 Å². The van der Waals surface area contributed by atoms with Gasteiger partial charge in [-0.15, -0.1) is 0 Å². The van der Waals surface area contributed by atoms with Crippen LogP contribution in [0.1, 0.15) is 40.0 Å². The fraction of sp³-hybridized carbons (Fsp3) is 0.850. The third-order valence-electron chi connectivity index (χ3n) is 5.19.